The maximum Gasteiger partial charge on any atom is 0.509 e. The fourth-order valence-electron chi connectivity index (χ4n) is 2.45. The average molecular weight is 285 g/mol. The van der Waals surface area contributed by atoms with Gasteiger partial charge in [0.15, 0.2) is 5.60 Å². The number of rotatable bonds is 1. The number of piperidine rings is 1. The van der Waals surface area contributed by atoms with E-state index in [0.29, 0.717) is 36.6 Å². The Labute approximate surface area is 114 Å². The number of aromatic amines is 1. The highest BCUT2D eigenvalue weighted by Gasteiger charge is 2.45. The van der Waals surface area contributed by atoms with Crippen LogP contribution in [0.2, 0.25) is 5.02 Å². The van der Waals surface area contributed by atoms with E-state index in [9.17, 15) is 9.59 Å². The van der Waals surface area contributed by atoms with Gasteiger partial charge in [0.2, 0.25) is 0 Å². The van der Waals surface area contributed by atoms with Gasteiger partial charge in [0, 0.05) is 32.1 Å². The molecular formula is C12H13ClN2O4. The second-order valence-corrected chi connectivity index (χ2v) is 5.28. The molecule has 102 valence electrons. The van der Waals surface area contributed by atoms with Crippen LogP contribution in [0.4, 0.5) is 4.79 Å². The lowest BCUT2D eigenvalue weighted by Gasteiger charge is -2.36. The molecule has 2 aliphatic rings. The number of cyclic esters (lactones) is 1. The van der Waals surface area contributed by atoms with Crippen LogP contribution in [0.5, 0.6) is 0 Å². The van der Waals surface area contributed by atoms with Crippen molar-refractivity contribution in [3.05, 3.63) is 23.0 Å². The summed E-state index contributed by atoms with van der Waals surface area (Å²) in [6.45, 7) is 1.35. The SMILES string of the molecule is O=C1OCC2(CCN(C(=O)c3cc(Cl)c[nH]3)CC2)O1. The summed E-state index contributed by atoms with van der Waals surface area (Å²) < 4.78 is 10.0. The third-order valence-corrected chi connectivity index (χ3v) is 3.81. The predicted molar refractivity (Wildman–Crippen MR) is 66.1 cm³/mol. The van der Waals surface area contributed by atoms with Crippen molar-refractivity contribution in [3.63, 3.8) is 0 Å². The van der Waals surface area contributed by atoms with Gasteiger partial charge in [-0.15, -0.1) is 0 Å². The highest BCUT2D eigenvalue weighted by atomic mass is 35.5. The summed E-state index contributed by atoms with van der Waals surface area (Å²) in [6, 6.07) is 1.60. The topological polar surface area (TPSA) is 71.6 Å². The lowest BCUT2D eigenvalue weighted by atomic mass is 9.92. The maximum atomic E-state index is 12.2. The van der Waals surface area contributed by atoms with Gasteiger partial charge in [0.1, 0.15) is 12.3 Å². The quantitative estimate of drug-likeness (QED) is 0.798. The standard InChI is InChI=1S/C12H13ClN2O4/c13-8-5-9(14-6-8)10(16)15-3-1-12(2-4-15)7-18-11(17)19-12/h5-6,14H,1-4,7H2. The first-order valence-corrected chi connectivity index (χ1v) is 6.45. The molecule has 1 amide bonds. The number of nitrogens with one attached hydrogen (secondary N) is 1. The van der Waals surface area contributed by atoms with Crippen LogP contribution in [0.3, 0.4) is 0 Å². The van der Waals surface area contributed by atoms with Crippen molar-refractivity contribution in [3.8, 4) is 0 Å². The predicted octanol–water partition coefficient (Wildman–Crippen LogP) is 1.81. The number of amides is 1. The molecule has 3 heterocycles. The number of aromatic nitrogens is 1. The zero-order valence-electron chi connectivity index (χ0n) is 10.1. The molecule has 0 aromatic carbocycles. The molecule has 0 aliphatic carbocycles. The summed E-state index contributed by atoms with van der Waals surface area (Å²) in [7, 11) is 0. The van der Waals surface area contributed by atoms with Gasteiger partial charge in [-0.25, -0.2) is 4.79 Å². The second-order valence-electron chi connectivity index (χ2n) is 4.85. The smallest absolute Gasteiger partial charge is 0.430 e. The second kappa shape index (κ2) is 4.45. The van der Waals surface area contributed by atoms with E-state index in [2.05, 4.69) is 4.98 Å². The Morgan fingerprint density at radius 3 is 2.68 bits per heavy atom. The van der Waals surface area contributed by atoms with Crippen LogP contribution in [0, 0.1) is 0 Å². The van der Waals surface area contributed by atoms with Crippen molar-refractivity contribution < 1.29 is 19.1 Å². The van der Waals surface area contributed by atoms with Gasteiger partial charge in [0.25, 0.3) is 5.91 Å². The molecule has 0 radical (unpaired) electrons. The van der Waals surface area contributed by atoms with Crippen molar-refractivity contribution in [1.82, 2.24) is 9.88 Å². The summed E-state index contributed by atoms with van der Waals surface area (Å²) in [5.74, 6) is -0.0907. The summed E-state index contributed by atoms with van der Waals surface area (Å²) in [5, 5.41) is 0.509. The molecule has 2 saturated heterocycles. The Morgan fingerprint density at radius 2 is 2.16 bits per heavy atom. The monoisotopic (exact) mass is 284 g/mol. The van der Waals surface area contributed by atoms with Crippen LogP contribution >= 0.6 is 11.6 Å². The van der Waals surface area contributed by atoms with Gasteiger partial charge in [-0.05, 0) is 6.07 Å². The van der Waals surface area contributed by atoms with Crippen molar-refractivity contribution in [1.29, 1.82) is 0 Å². The Morgan fingerprint density at radius 1 is 1.42 bits per heavy atom. The van der Waals surface area contributed by atoms with E-state index in [1.54, 1.807) is 17.2 Å². The molecule has 0 saturated carbocycles. The van der Waals surface area contributed by atoms with Gasteiger partial charge >= 0.3 is 6.16 Å². The number of carbonyl (C=O) groups excluding carboxylic acids is 2. The van der Waals surface area contributed by atoms with Gasteiger partial charge in [-0.3, -0.25) is 4.79 Å². The molecule has 1 N–H and O–H groups in total. The molecule has 0 atom stereocenters. The fourth-order valence-corrected chi connectivity index (χ4v) is 2.62. The lowest BCUT2D eigenvalue weighted by molar-refractivity contribution is 0.00266. The minimum absolute atomic E-state index is 0.0907. The summed E-state index contributed by atoms with van der Waals surface area (Å²) in [4.78, 5) is 27.7. The molecule has 0 unspecified atom stereocenters. The van der Waals surface area contributed by atoms with Crippen LogP contribution in [0.15, 0.2) is 12.3 Å². The molecule has 0 bridgehead atoms. The zero-order valence-corrected chi connectivity index (χ0v) is 10.9. The molecular weight excluding hydrogens is 272 g/mol. The number of ether oxygens (including phenoxy) is 2. The van der Waals surface area contributed by atoms with E-state index in [4.69, 9.17) is 21.1 Å². The normalized spacial score (nSPS) is 21.3. The molecule has 19 heavy (non-hydrogen) atoms. The van der Waals surface area contributed by atoms with E-state index in [1.165, 1.54) is 0 Å². The minimum atomic E-state index is -0.615. The highest BCUT2D eigenvalue weighted by Crippen LogP contribution is 2.32. The zero-order chi connectivity index (χ0) is 13.5. The lowest BCUT2D eigenvalue weighted by Crippen LogP contribution is -2.48. The Hall–Kier alpha value is -1.69. The average Bonchev–Trinajstić information content (AvgIpc) is 2.97. The van der Waals surface area contributed by atoms with Gasteiger partial charge < -0.3 is 19.4 Å². The molecule has 2 fully saturated rings. The van der Waals surface area contributed by atoms with Crippen molar-refractivity contribution in [2.45, 2.75) is 18.4 Å². The Kier molecular flexibility index (Phi) is 2.89. The Bertz CT molecular complexity index is 520. The first-order valence-electron chi connectivity index (χ1n) is 6.07. The third kappa shape index (κ3) is 2.28. The van der Waals surface area contributed by atoms with Crippen LogP contribution in [-0.4, -0.2) is 47.2 Å². The molecule has 6 nitrogen and oxygen atoms in total. The number of halogens is 1. The van der Waals surface area contributed by atoms with Crippen molar-refractivity contribution in [2.75, 3.05) is 19.7 Å². The largest absolute Gasteiger partial charge is 0.509 e. The van der Waals surface area contributed by atoms with Crippen LogP contribution in [0.25, 0.3) is 0 Å². The first-order chi connectivity index (χ1) is 9.08. The van der Waals surface area contributed by atoms with Crippen LogP contribution < -0.4 is 0 Å². The number of H-pyrrole nitrogens is 1. The number of nitrogens with zero attached hydrogens (tertiary/aromatic N) is 1. The number of hydrogen-bond acceptors (Lipinski definition) is 4. The van der Waals surface area contributed by atoms with Gasteiger partial charge in [-0.1, -0.05) is 11.6 Å². The summed E-state index contributed by atoms with van der Waals surface area (Å²) in [5.41, 5.74) is -0.0676. The van der Waals surface area contributed by atoms with Gasteiger partial charge in [-0.2, -0.15) is 0 Å². The van der Waals surface area contributed by atoms with Gasteiger partial charge in [0.05, 0.1) is 5.02 Å². The van der Waals surface area contributed by atoms with E-state index in [-0.39, 0.29) is 12.5 Å². The molecule has 3 rings (SSSR count). The number of hydrogen-bond donors (Lipinski definition) is 1. The molecule has 1 aromatic heterocycles. The number of likely N-dealkylation sites (tertiary alicyclic amines) is 1. The van der Waals surface area contributed by atoms with E-state index in [0.717, 1.165) is 0 Å². The van der Waals surface area contributed by atoms with Crippen LogP contribution in [-0.2, 0) is 9.47 Å². The van der Waals surface area contributed by atoms with Crippen molar-refractivity contribution in [2.24, 2.45) is 0 Å². The van der Waals surface area contributed by atoms with Crippen LogP contribution in [0.1, 0.15) is 23.3 Å². The fraction of sp³-hybridized carbons (Fsp3) is 0.500. The third-order valence-electron chi connectivity index (χ3n) is 3.59. The Balaban J connectivity index is 1.64. The van der Waals surface area contributed by atoms with Crippen molar-refractivity contribution >= 4 is 23.7 Å². The minimum Gasteiger partial charge on any atom is -0.430 e. The number of carbonyl (C=O) groups is 2. The first kappa shape index (κ1) is 12.3. The molecule has 7 heteroatoms. The molecule has 1 spiro atoms. The molecule has 1 aromatic rings. The maximum absolute atomic E-state index is 12.2. The molecule has 2 aliphatic heterocycles. The van der Waals surface area contributed by atoms with E-state index < -0.39 is 11.8 Å². The highest BCUT2D eigenvalue weighted by molar-refractivity contribution is 6.30. The summed E-state index contributed by atoms with van der Waals surface area (Å²) in [6.07, 6.45) is 2.15. The van der Waals surface area contributed by atoms with E-state index >= 15 is 0 Å². The summed E-state index contributed by atoms with van der Waals surface area (Å²) >= 11 is 5.78. The van der Waals surface area contributed by atoms with E-state index in [1.807, 2.05) is 0 Å².